The highest BCUT2D eigenvalue weighted by Gasteiger charge is 2.46. The molecule has 0 N–H and O–H groups in total. The number of furan rings is 1. The zero-order chi connectivity index (χ0) is 11.0. The Morgan fingerprint density at radius 2 is 2.12 bits per heavy atom. The molecule has 0 aliphatic carbocycles. The van der Waals surface area contributed by atoms with Crippen molar-refractivity contribution in [2.45, 2.75) is 12.1 Å². The summed E-state index contributed by atoms with van der Waals surface area (Å²) in [4.78, 5) is 3.98. The van der Waals surface area contributed by atoms with Crippen LogP contribution in [0.2, 0.25) is 0 Å². The van der Waals surface area contributed by atoms with E-state index in [1.165, 1.54) is 0 Å². The van der Waals surface area contributed by atoms with Crippen LogP contribution < -0.4 is 5.50 Å². The largest absolute Gasteiger partial charge is 0.461 e. The van der Waals surface area contributed by atoms with Gasteiger partial charge in [0.1, 0.15) is 0 Å². The topological polar surface area (TPSA) is 43.1 Å². The van der Waals surface area contributed by atoms with E-state index in [9.17, 15) is 4.57 Å². The van der Waals surface area contributed by atoms with Gasteiger partial charge < -0.3 is 8.98 Å². The Bertz CT molecular complexity index is 521. The molecule has 3 rings (SSSR count). The summed E-state index contributed by atoms with van der Waals surface area (Å²) in [6.07, 6.45) is 6.83. The predicted molar refractivity (Wildman–Crippen MR) is 62.4 cm³/mol. The standard InChI is InChI=1S/C12H12NO2P/c14-16(12-2-1-8-15-12)9-5-11(16)10-3-6-13-7-4-10/h1-4,6-8,11H,5,9H2. The van der Waals surface area contributed by atoms with Crippen LogP contribution in [0.5, 0.6) is 0 Å². The molecule has 4 heteroatoms. The van der Waals surface area contributed by atoms with E-state index in [1.807, 2.05) is 18.2 Å². The maximum atomic E-state index is 12.7. The number of hydrogen-bond acceptors (Lipinski definition) is 3. The second kappa shape index (κ2) is 3.60. The van der Waals surface area contributed by atoms with Crippen LogP contribution in [0, 0.1) is 0 Å². The van der Waals surface area contributed by atoms with Crippen molar-refractivity contribution in [2.75, 3.05) is 6.16 Å². The molecule has 0 amide bonds. The van der Waals surface area contributed by atoms with Gasteiger partial charge in [0, 0.05) is 24.2 Å². The summed E-state index contributed by atoms with van der Waals surface area (Å²) in [7, 11) is -2.32. The fourth-order valence-corrected chi connectivity index (χ4v) is 4.98. The molecule has 0 radical (unpaired) electrons. The molecule has 16 heavy (non-hydrogen) atoms. The molecule has 82 valence electrons. The van der Waals surface area contributed by atoms with Gasteiger partial charge in [-0.2, -0.15) is 0 Å². The van der Waals surface area contributed by atoms with E-state index in [-0.39, 0.29) is 5.66 Å². The molecule has 1 aliphatic heterocycles. The maximum absolute atomic E-state index is 12.7. The second-order valence-electron chi connectivity index (χ2n) is 4.06. The molecule has 2 unspecified atom stereocenters. The molecule has 2 aromatic rings. The summed E-state index contributed by atoms with van der Waals surface area (Å²) in [5, 5.41) is 0. The van der Waals surface area contributed by atoms with Crippen LogP contribution in [0.25, 0.3) is 0 Å². The molecule has 3 nitrogen and oxygen atoms in total. The van der Waals surface area contributed by atoms with E-state index in [1.54, 1.807) is 24.7 Å². The first-order chi connectivity index (χ1) is 7.81. The van der Waals surface area contributed by atoms with E-state index in [0.717, 1.165) is 18.1 Å². The average molecular weight is 233 g/mol. The first kappa shape index (κ1) is 9.86. The summed E-state index contributed by atoms with van der Waals surface area (Å²) in [6, 6.07) is 7.52. The number of rotatable bonds is 2. The molecule has 1 aliphatic rings. The zero-order valence-corrected chi connectivity index (χ0v) is 9.64. The third kappa shape index (κ3) is 1.35. The van der Waals surface area contributed by atoms with Gasteiger partial charge in [-0.3, -0.25) is 4.98 Å². The smallest absolute Gasteiger partial charge is 0.163 e. The molecule has 1 fully saturated rings. The predicted octanol–water partition coefficient (Wildman–Crippen LogP) is 2.81. The molecule has 0 saturated carbocycles. The summed E-state index contributed by atoms with van der Waals surface area (Å²) >= 11 is 0. The van der Waals surface area contributed by atoms with Gasteiger partial charge in [-0.25, -0.2) is 0 Å². The fraction of sp³-hybridized carbons (Fsp3) is 0.250. The minimum absolute atomic E-state index is 0.127. The molecular formula is C12H12NO2P. The second-order valence-corrected chi connectivity index (χ2v) is 7.16. The Labute approximate surface area is 93.9 Å². The molecule has 2 atom stereocenters. The number of aromatic nitrogens is 1. The maximum Gasteiger partial charge on any atom is 0.163 e. The van der Waals surface area contributed by atoms with E-state index in [2.05, 4.69) is 4.98 Å². The van der Waals surface area contributed by atoms with Gasteiger partial charge in [-0.15, -0.1) is 0 Å². The SMILES string of the molecule is O=P1(c2ccco2)CCC1c1ccncc1. The quantitative estimate of drug-likeness (QED) is 0.749. The summed E-state index contributed by atoms with van der Waals surface area (Å²) in [5.41, 5.74) is 1.91. The molecule has 0 bridgehead atoms. The van der Waals surface area contributed by atoms with Crippen molar-refractivity contribution in [1.29, 1.82) is 0 Å². The Kier molecular flexibility index (Phi) is 2.22. The first-order valence-electron chi connectivity index (χ1n) is 5.33. The van der Waals surface area contributed by atoms with Crippen molar-refractivity contribution in [3.63, 3.8) is 0 Å². The Balaban J connectivity index is 1.98. The molecular weight excluding hydrogens is 221 g/mol. The van der Waals surface area contributed by atoms with Gasteiger partial charge in [-0.05, 0) is 36.2 Å². The van der Waals surface area contributed by atoms with Gasteiger partial charge in [0.2, 0.25) is 0 Å². The van der Waals surface area contributed by atoms with Crippen LogP contribution in [0.15, 0.2) is 47.3 Å². The van der Waals surface area contributed by atoms with Crippen molar-refractivity contribution >= 4 is 12.6 Å². The third-order valence-electron chi connectivity index (χ3n) is 3.21. The summed E-state index contributed by atoms with van der Waals surface area (Å²) in [5.74, 6) is 0. The van der Waals surface area contributed by atoms with Gasteiger partial charge >= 0.3 is 0 Å². The lowest BCUT2D eigenvalue weighted by molar-refractivity contribution is 0.530. The molecule has 0 aromatic carbocycles. The highest BCUT2D eigenvalue weighted by atomic mass is 31.2. The van der Waals surface area contributed by atoms with Crippen LogP contribution in [0.4, 0.5) is 0 Å². The van der Waals surface area contributed by atoms with Crippen LogP contribution in [0.3, 0.4) is 0 Å². The van der Waals surface area contributed by atoms with Crippen LogP contribution in [-0.2, 0) is 4.57 Å². The van der Waals surface area contributed by atoms with Gasteiger partial charge in [0.25, 0.3) is 0 Å². The van der Waals surface area contributed by atoms with Crippen molar-refractivity contribution in [1.82, 2.24) is 4.98 Å². The van der Waals surface area contributed by atoms with Crippen molar-refractivity contribution in [3.05, 3.63) is 48.5 Å². The Morgan fingerprint density at radius 3 is 2.69 bits per heavy atom. The summed E-state index contributed by atoms with van der Waals surface area (Å²) in [6.45, 7) is 0. The third-order valence-corrected chi connectivity index (χ3v) is 6.69. The molecule has 0 spiro atoms. The van der Waals surface area contributed by atoms with E-state index >= 15 is 0 Å². The van der Waals surface area contributed by atoms with Crippen molar-refractivity contribution in [3.8, 4) is 0 Å². The van der Waals surface area contributed by atoms with Crippen LogP contribution in [0.1, 0.15) is 17.6 Å². The lowest BCUT2D eigenvalue weighted by atomic mass is 10.1. The van der Waals surface area contributed by atoms with Gasteiger partial charge in [0.15, 0.2) is 12.6 Å². The molecule has 2 aromatic heterocycles. The molecule has 3 heterocycles. The van der Waals surface area contributed by atoms with E-state index in [4.69, 9.17) is 4.42 Å². The normalized spacial score (nSPS) is 28.6. The van der Waals surface area contributed by atoms with Crippen LogP contribution in [-0.4, -0.2) is 11.1 Å². The fourth-order valence-electron chi connectivity index (χ4n) is 2.23. The van der Waals surface area contributed by atoms with E-state index < -0.39 is 7.14 Å². The van der Waals surface area contributed by atoms with Gasteiger partial charge in [-0.1, -0.05) is 0 Å². The lowest BCUT2D eigenvalue weighted by Gasteiger charge is -2.35. The molecule has 1 saturated heterocycles. The highest BCUT2D eigenvalue weighted by Crippen LogP contribution is 2.68. The number of nitrogens with zero attached hydrogens (tertiary/aromatic N) is 1. The number of pyridine rings is 1. The first-order valence-corrected chi connectivity index (χ1v) is 7.29. The Morgan fingerprint density at radius 1 is 1.31 bits per heavy atom. The zero-order valence-electron chi connectivity index (χ0n) is 8.74. The van der Waals surface area contributed by atoms with Crippen LogP contribution >= 0.6 is 7.14 Å². The monoisotopic (exact) mass is 233 g/mol. The average Bonchev–Trinajstić information content (AvgIpc) is 2.82. The van der Waals surface area contributed by atoms with Crippen molar-refractivity contribution in [2.24, 2.45) is 0 Å². The van der Waals surface area contributed by atoms with E-state index in [0.29, 0.717) is 5.50 Å². The number of hydrogen-bond donors (Lipinski definition) is 0. The van der Waals surface area contributed by atoms with Crippen molar-refractivity contribution < 1.29 is 8.98 Å². The summed E-state index contributed by atoms with van der Waals surface area (Å²) < 4.78 is 18.1. The lowest BCUT2D eigenvalue weighted by Crippen LogP contribution is -2.23. The Hall–Kier alpha value is -1.34. The highest BCUT2D eigenvalue weighted by molar-refractivity contribution is 7.72. The minimum Gasteiger partial charge on any atom is -0.461 e. The van der Waals surface area contributed by atoms with Gasteiger partial charge in [0.05, 0.1) is 6.26 Å². The minimum atomic E-state index is -2.32.